The van der Waals surface area contributed by atoms with Crippen LogP contribution in [0.4, 0.5) is 0 Å². The van der Waals surface area contributed by atoms with Crippen molar-refractivity contribution in [3.05, 3.63) is 30.1 Å². The molecule has 1 heterocycles. The van der Waals surface area contributed by atoms with Crippen LogP contribution in [0.1, 0.15) is 38.3 Å². The van der Waals surface area contributed by atoms with Crippen LogP contribution in [0, 0.1) is 11.3 Å². The lowest BCUT2D eigenvalue weighted by Crippen LogP contribution is -2.44. The monoisotopic (exact) mass is 275 g/mol. The van der Waals surface area contributed by atoms with Crippen LogP contribution >= 0.6 is 0 Å². The molecule has 0 bridgehead atoms. The molecule has 0 amide bonds. The number of aromatic nitrogens is 1. The van der Waals surface area contributed by atoms with E-state index in [9.17, 15) is 0 Å². The fourth-order valence-corrected chi connectivity index (χ4v) is 3.54. The maximum atomic E-state index is 4.44. The molecule has 0 aliphatic heterocycles. The van der Waals surface area contributed by atoms with E-state index in [0.29, 0.717) is 5.41 Å². The zero-order valence-corrected chi connectivity index (χ0v) is 13.2. The van der Waals surface area contributed by atoms with Crippen molar-refractivity contribution < 1.29 is 0 Å². The van der Waals surface area contributed by atoms with Crippen molar-refractivity contribution in [3.8, 4) is 0 Å². The van der Waals surface area contributed by atoms with Crippen LogP contribution in [0.5, 0.6) is 0 Å². The van der Waals surface area contributed by atoms with Crippen molar-refractivity contribution in [1.29, 1.82) is 0 Å². The molecule has 0 spiro atoms. The lowest BCUT2D eigenvalue weighted by molar-refractivity contribution is 0.0974. The molecule has 0 atom stereocenters. The summed E-state index contributed by atoms with van der Waals surface area (Å²) in [5, 5.41) is 3.42. The molecule has 1 aliphatic carbocycles. The second-order valence-electron chi connectivity index (χ2n) is 6.71. The molecule has 1 saturated carbocycles. The van der Waals surface area contributed by atoms with Crippen molar-refractivity contribution in [2.24, 2.45) is 11.3 Å². The van der Waals surface area contributed by atoms with E-state index in [1.807, 2.05) is 12.3 Å². The number of nitrogens with one attached hydrogen (secondary N) is 1. The minimum atomic E-state index is 0.449. The normalized spacial score (nSPS) is 26.9. The second kappa shape index (κ2) is 7.19. The summed E-state index contributed by atoms with van der Waals surface area (Å²) in [5.41, 5.74) is 1.61. The van der Waals surface area contributed by atoms with E-state index < -0.39 is 0 Å². The quantitative estimate of drug-likeness (QED) is 0.865. The third-order valence-corrected chi connectivity index (χ3v) is 4.65. The van der Waals surface area contributed by atoms with Gasteiger partial charge in [0, 0.05) is 25.8 Å². The van der Waals surface area contributed by atoms with Crippen LogP contribution in [0.3, 0.4) is 0 Å². The number of pyridine rings is 1. The smallest absolute Gasteiger partial charge is 0.0543 e. The van der Waals surface area contributed by atoms with Gasteiger partial charge in [-0.1, -0.05) is 25.8 Å². The fraction of sp³-hybridized carbons (Fsp3) is 0.706. The molecular formula is C17H29N3. The van der Waals surface area contributed by atoms with Crippen LogP contribution < -0.4 is 5.32 Å². The molecule has 1 aromatic heterocycles. The number of hydrogen-bond donors (Lipinski definition) is 1. The Hall–Kier alpha value is -0.930. The maximum absolute atomic E-state index is 4.44. The van der Waals surface area contributed by atoms with Gasteiger partial charge in [0.25, 0.3) is 0 Å². The Morgan fingerprint density at radius 3 is 2.70 bits per heavy atom. The van der Waals surface area contributed by atoms with Crippen LogP contribution in [0.15, 0.2) is 24.4 Å². The molecule has 2 rings (SSSR count). The van der Waals surface area contributed by atoms with Gasteiger partial charge in [-0.25, -0.2) is 0 Å². The molecular weight excluding hydrogens is 246 g/mol. The van der Waals surface area contributed by atoms with Gasteiger partial charge in [0.15, 0.2) is 0 Å². The van der Waals surface area contributed by atoms with Gasteiger partial charge in [0.05, 0.1) is 5.69 Å². The molecule has 0 radical (unpaired) electrons. The third kappa shape index (κ3) is 4.29. The summed E-state index contributed by atoms with van der Waals surface area (Å²) in [5.74, 6) is 0.904. The van der Waals surface area contributed by atoms with Gasteiger partial charge >= 0.3 is 0 Å². The predicted octanol–water partition coefficient (Wildman–Crippen LogP) is 2.93. The molecule has 112 valence electrons. The summed E-state index contributed by atoms with van der Waals surface area (Å²) in [6.07, 6.45) is 7.33. The summed E-state index contributed by atoms with van der Waals surface area (Å²) < 4.78 is 0. The van der Waals surface area contributed by atoms with E-state index in [1.54, 1.807) is 0 Å². The average molecular weight is 275 g/mol. The number of hydrogen-bond acceptors (Lipinski definition) is 3. The van der Waals surface area contributed by atoms with E-state index in [-0.39, 0.29) is 0 Å². The molecule has 1 aliphatic rings. The number of rotatable bonds is 6. The zero-order chi connectivity index (χ0) is 14.4. The highest BCUT2D eigenvalue weighted by Crippen LogP contribution is 2.39. The summed E-state index contributed by atoms with van der Waals surface area (Å²) in [6.45, 7) is 5.63. The van der Waals surface area contributed by atoms with Crippen molar-refractivity contribution in [2.75, 3.05) is 27.2 Å². The van der Waals surface area contributed by atoms with E-state index in [4.69, 9.17) is 0 Å². The topological polar surface area (TPSA) is 28.2 Å². The first-order valence-electron chi connectivity index (χ1n) is 7.87. The molecule has 1 aromatic rings. The Bertz CT molecular complexity index is 382. The van der Waals surface area contributed by atoms with Crippen LogP contribution in [-0.2, 0) is 6.54 Å². The Labute approximate surface area is 123 Å². The van der Waals surface area contributed by atoms with Crippen LogP contribution in [-0.4, -0.2) is 37.1 Å². The summed E-state index contributed by atoms with van der Waals surface area (Å²) in [6, 6.07) is 6.17. The Morgan fingerprint density at radius 1 is 1.35 bits per heavy atom. The van der Waals surface area contributed by atoms with E-state index in [2.05, 4.69) is 48.4 Å². The highest BCUT2D eigenvalue weighted by atomic mass is 15.1. The third-order valence-electron chi connectivity index (χ3n) is 4.65. The maximum Gasteiger partial charge on any atom is 0.0543 e. The van der Waals surface area contributed by atoms with Crippen molar-refractivity contribution in [3.63, 3.8) is 0 Å². The zero-order valence-electron chi connectivity index (χ0n) is 13.2. The first-order valence-corrected chi connectivity index (χ1v) is 7.87. The average Bonchev–Trinajstić information content (AvgIpc) is 2.43. The Kier molecular flexibility index (Phi) is 5.55. The van der Waals surface area contributed by atoms with Gasteiger partial charge in [-0.2, -0.15) is 0 Å². The minimum absolute atomic E-state index is 0.449. The molecule has 1 fully saturated rings. The molecule has 0 aromatic carbocycles. The van der Waals surface area contributed by atoms with Crippen molar-refractivity contribution in [1.82, 2.24) is 15.2 Å². The molecule has 0 saturated heterocycles. The van der Waals surface area contributed by atoms with E-state index in [1.165, 1.54) is 31.4 Å². The Balaban J connectivity index is 1.94. The van der Waals surface area contributed by atoms with Gasteiger partial charge in [0.1, 0.15) is 0 Å². The predicted molar refractivity (Wildman–Crippen MR) is 84.6 cm³/mol. The van der Waals surface area contributed by atoms with E-state index in [0.717, 1.165) is 25.6 Å². The van der Waals surface area contributed by atoms with E-state index >= 15 is 0 Å². The van der Waals surface area contributed by atoms with Crippen molar-refractivity contribution >= 4 is 0 Å². The Morgan fingerprint density at radius 2 is 2.10 bits per heavy atom. The fourth-order valence-electron chi connectivity index (χ4n) is 3.54. The van der Waals surface area contributed by atoms with Gasteiger partial charge < -0.3 is 5.32 Å². The highest BCUT2D eigenvalue weighted by molar-refractivity contribution is 5.03. The molecule has 20 heavy (non-hydrogen) atoms. The van der Waals surface area contributed by atoms with Gasteiger partial charge in [-0.05, 0) is 50.4 Å². The van der Waals surface area contributed by atoms with Gasteiger partial charge in [-0.15, -0.1) is 0 Å². The van der Waals surface area contributed by atoms with Crippen LogP contribution in [0.25, 0.3) is 0 Å². The molecule has 0 unspecified atom stereocenters. The van der Waals surface area contributed by atoms with Gasteiger partial charge in [-0.3, -0.25) is 9.88 Å². The molecule has 1 N–H and O–H groups in total. The molecule has 3 nitrogen and oxygen atoms in total. The SMILES string of the molecule is CNCC1(CN(C)Cc2ccccn2)CCC(C)CC1. The van der Waals surface area contributed by atoms with Crippen LogP contribution in [0.2, 0.25) is 0 Å². The standard InChI is InChI=1S/C17H29N3/c1-15-7-9-17(10-8-15,13-18-2)14-20(3)12-16-6-4-5-11-19-16/h4-6,11,15,18H,7-10,12-14H2,1-3H3. The molecule has 3 heteroatoms. The number of nitrogens with zero attached hydrogens (tertiary/aromatic N) is 2. The first kappa shape index (κ1) is 15.5. The lowest BCUT2D eigenvalue weighted by atomic mass is 9.70. The van der Waals surface area contributed by atoms with Crippen molar-refractivity contribution in [2.45, 2.75) is 39.2 Å². The highest BCUT2D eigenvalue weighted by Gasteiger charge is 2.34. The minimum Gasteiger partial charge on any atom is -0.319 e. The van der Waals surface area contributed by atoms with Gasteiger partial charge in [0.2, 0.25) is 0 Å². The summed E-state index contributed by atoms with van der Waals surface area (Å²) >= 11 is 0. The first-order chi connectivity index (χ1) is 9.63. The second-order valence-corrected chi connectivity index (χ2v) is 6.71. The summed E-state index contributed by atoms with van der Waals surface area (Å²) in [7, 11) is 4.31. The summed E-state index contributed by atoms with van der Waals surface area (Å²) in [4.78, 5) is 6.88. The largest absolute Gasteiger partial charge is 0.319 e. The lowest BCUT2D eigenvalue weighted by Gasteiger charge is -2.42.